The molecule has 3 rings (SSSR count). The summed E-state index contributed by atoms with van der Waals surface area (Å²) in [4.78, 5) is 11.4. The molecule has 26 heavy (non-hydrogen) atoms. The predicted octanol–water partition coefficient (Wildman–Crippen LogP) is 1.27. The number of rotatable bonds is 8. The normalized spacial score (nSPS) is 15.9. The Labute approximate surface area is 154 Å². The summed E-state index contributed by atoms with van der Waals surface area (Å²) in [5, 5.41) is 7.58. The number of para-hydroxylation sites is 1. The van der Waals surface area contributed by atoms with E-state index in [0.717, 1.165) is 69.1 Å². The average Bonchev–Trinajstić information content (AvgIpc) is 2.69. The van der Waals surface area contributed by atoms with Crippen LogP contribution in [0.4, 0.5) is 5.82 Å². The predicted molar refractivity (Wildman–Crippen MR) is 107 cm³/mol. The van der Waals surface area contributed by atoms with Gasteiger partial charge in [0.15, 0.2) is 5.96 Å². The van der Waals surface area contributed by atoms with Gasteiger partial charge in [-0.2, -0.15) is 0 Å². The number of fused-ring (bicyclic) bond motifs is 1. The Kier molecular flexibility index (Phi) is 7.04. The molecule has 1 fully saturated rings. The molecule has 0 spiro atoms. The molecule has 7 heteroatoms. The Hall–Kier alpha value is -2.38. The van der Waals surface area contributed by atoms with E-state index < -0.39 is 0 Å². The zero-order valence-corrected chi connectivity index (χ0v) is 15.2. The van der Waals surface area contributed by atoms with E-state index in [-0.39, 0.29) is 0 Å². The zero-order valence-electron chi connectivity index (χ0n) is 15.2. The third-order valence-electron chi connectivity index (χ3n) is 4.35. The van der Waals surface area contributed by atoms with Gasteiger partial charge < -0.3 is 21.1 Å². The van der Waals surface area contributed by atoms with Gasteiger partial charge in [0.25, 0.3) is 0 Å². The Bertz CT molecular complexity index is 714. The van der Waals surface area contributed by atoms with Gasteiger partial charge in [-0.15, -0.1) is 0 Å². The van der Waals surface area contributed by atoms with Crippen molar-refractivity contribution in [3.63, 3.8) is 0 Å². The summed E-state index contributed by atoms with van der Waals surface area (Å²) in [6.45, 7) is 6.95. The van der Waals surface area contributed by atoms with Gasteiger partial charge in [0.1, 0.15) is 5.82 Å². The van der Waals surface area contributed by atoms with Gasteiger partial charge in [0.05, 0.1) is 18.7 Å². The highest BCUT2D eigenvalue weighted by Gasteiger charge is 2.08. The number of nitrogens with zero attached hydrogens (tertiary/aromatic N) is 3. The molecule has 1 aromatic carbocycles. The molecule has 0 saturated carbocycles. The second kappa shape index (κ2) is 9.94. The molecule has 0 radical (unpaired) electrons. The van der Waals surface area contributed by atoms with Crippen molar-refractivity contribution >= 4 is 22.7 Å². The van der Waals surface area contributed by atoms with Crippen molar-refractivity contribution in [2.24, 2.45) is 10.7 Å². The molecule has 1 saturated heterocycles. The van der Waals surface area contributed by atoms with Gasteiger partial charge in [-0.3, -0.25) is 9.89 Å². The van der Waals surface area contributed by atoms with Crippen LogP contribution in [-0.4, -0.2) is 68.3 Å². The van der Waals surface area contributed by atoms with Crippen LogP contribution < -0.4 is 16.4 Å². The molecule has 0 aliphatic carbocycles. The minimum Gasteiger partial charge on any atom is -0.379 e. The number of aromatic nitrogens is 1. The first kappa shape index (κ1) is 18.4. The van der Waals surface area contributed by atoms with Gasteiger partial charge in [-0.05, 0) is 24.6 Å². The Morgan fingerprint density at radius 1 is 1.15 bits per heavy atom. The highest BCUT2D eigenvalue weighted by molar-refractivity contribution is 5.80. The van der Waals surface area contributed by atoms with Gasteiger partial charge in [0.2, 0.25) is 0 Å². The van der Waals surface area contributed by atoms with Crippen molar-refractivity contribution < 1.29 is 4.74 Å². The van der Waals surface area contributed by atoms with E-state index in [1.165, 1.54) is 0 Å². The largest absolute Gasteiger partial charge is 0.379 e. The fourth-order valence-electron chi connectivity index (χ4n) is 2.92. The van der Waals surface area contributed by atoms with E-state index in [2.05, 4.69) is 37.6 Å². The van der Waals surface area contributed by atoms with Crippen molar-refractivity contribution in [2.45, 2.75) is 6.42 Å². The molecule has 1 aliphatic rings. The maximum Gasteiger partial charge on any atom is 0.188 e. The maximum absolute atomic E-state index is 5.91. The molecule has 7 nitrogen and oxygen atoms in total. The lowest BCUT2D eigenvalue weighted by Crippen LogP contribution is -2.37. The van der Waals surface area contributed by atoms with E-state index in [4.69, 9.17) is 10.5 Å². The number of anilines is 1. The molecule has 1 aromatic heterocycles. The lowest BCUT2D eigenvalue weighted by Gasteiger charge is -2.26. The van der Waals surface area contributed by atoms with Crippen LogP contribution in [0.5, 0.6) is 0 Å². The summed E-state index contributed by atoms with van der Waals surface area (Å²) in [5.41, 5.74) is 6.90. The first-order valence-corrected chi connectivity index (χ1v) is 9.25. The number of aliphatic imine (C=N–C) groups is 1. The smallest absolute Gasteiger partial charge is 0.188 e. The molecule has 0 unspecified atom stereocenters. The number of benzene rings is 1. The van der Waals surface area contributed by atoms with Crippen molar-refractivity contribution in [1.29, 1.82) is 0 Å². The first-order valence-electron chi connectivity index (χ1n) is 9.25. The number of ether oxygens (including phenoxy) is 1. The molecular weight excluding hydrogens is 328 g/mol. The Morgan fingerprint density at radius 2 is 2.00 bits per heavy atom. The fourth-order valence-corrected chi connectivity index (χ4v) is 2.92. The molecule has 0 bridgehead atoms. The number of nitrogens with one attached hydrogen (secondary N) is 2. The highest BCUT2D eigenvalue weighted by Crippen LogP contribution is 2.14. The third kappa shape index (κ3) is 5.86. The molecule has 0 atom stereocenters. The summed E-state index contributed by atoms with van der Waals surface area (Å²) in [6, 6.07) is 12.2. The van der Waals surface area contributed by atoms with Gasteiger partial charge >= 0.3 is 0 Å². The number of morpholine rings is 1. The number of hydrogen-bond donors (Lipinski definition) is 3. The van der Waals surface area contributed by atoms with Crippen LogP contribution in [0.1, 0.15) is 6.42 Å². The monoisotopic (exact) mass is 356 g/mol. The molecule has 2 heterocycles. The summed E-state index contributed by atoms with van der Waals surface area (Å²) in [5.74, 6) is 1.37. The quantitative estimate of drug-likeness (QED) is 0.375. The summed E-state index contributed by atoms with van der Waals surface area (Å²) >= 11 is 0. The van der Waals surface area contributed by atoms with E-state index in [9.17, 15) is 0 Å². The minimum atomic E-state index is 0.500. The third-order valence-corrected chi connectivity index (χ3v) is 4.35. The molecule has 140 valence electrons. The number of nitrogens with two attached hydrogens (primary N) is 1. The number of guanidine groups is 1. The van der Waals surface area contributed by atoms with E-state index >= 15 is 0 Å². The van der Waals surface area contributed by atoms with Crippen LogP contribution in [0.3, 0.4) is 0 Å². The second-order valence-corrected chi connectivity index (χ2v) is 6.32. The first-order chi connectivity index (χ1) is 12.8. The molecule has 4 N–H and O–H groups in total. The standard InChI is InChI=1S/C19H28N6O/c20-19(22-8-3-11-25-12-14-26-15-13-25)23-10-9-21-18-7-6-16-4-1-2-5-17(16)24-18/h1-2,4-7H,3,8-15H2,(H,21,24)(H3,20,22,23). The summed E-state index contributed by atoms with van der Waals surface area (Å²) in [7, 11) is 0. The summed E-state index contributed by atoms with van der Waals surface area (Å²) < 4.78 is 5.34. The summed E-state index contributed by atoms with van der Waals surface area (Å²) in [6.07, 6.45) is 1.02. The van der Waals surface area contributed by atoms with Crippen LogP contribution in [-0.2, 0) is 4.74 Å². The molecule has 0 amide bonds. The van der Waals surface area contributed by atoms with Gasteiger partial charge in [-0.25, -0.2) is 4.98 Å². The Balaban J connectivity index is 1.30. The maximum atomic E-state index is 5.91. The van der Waals surface area contributed by atoms with Crippen molar-refractivity contribution in [1.82, 2.24) is 15.2 Å². The highest BCUT2D eigenvalue weighted by atomic mass is 16.5. The number of hydrogen-bond acceptors (Lipinski definition) is 5. The van der Waals surface area contributed by atoms with Crippen LogP contribution in [0.2, 0.25) is 0 Å². The van der Waals surface area contributed by atoms with Crippen molar-refractivity contribution in [3.8, 4) is 0 Å². The SMILES string of the molecule is NC(=NCCCN1CCOCC1)NCCNc1ccc2ccccc2n1. The topological polar surface area (TPSA) is 87.8 Å². The molecule has 1 aliphatic heterocycles. The van der Waals surface area contributed by atoms with Gasteiger partial charge in [-0.1, -0.05) is 18.2 Å². The molecular formula is C19H28N6O. The van der Waals surface area contributed by atoms with Crippen molar-refractivity contribution in [2.75, 3.05) is 57.8 Å². The van der Waals surface area contributed by atoms with Crippen LogP contribution in [0.25, 0.3) is 10.9 Å². The van der Waals surface area contributed by atoms with Crippen LogP contribution in [0, 0.1) is 0 Å². The fraction of sp³-hybridized carbons (Fsp3) is 0.474. The number of pyridine rings is 1. The molecule has 2 aromatic rings. The van der Waals surface area contributed by atoms with Crippen LogP contribution in [0.15, 0.2) is 41.4 Å². The Morgan fingerprint density at radius 3 is 2.88 bits per heavy atom. The van der Waals surface area contributed by atoms with Crippen molar-refractivity contribution in [3.05, 3.63) is 36.4 Å². The lowest BCUT2D eigenvalue weighted by molar-refractivity contribution is 0.0377. The van der Waals surface area contributed by atoms with E-state index in [0.29, 0.717) is 12.5 Å². The van der Waals surface area contributed by atoms with E-state index in [1.807, 2.05) is 24.3 Å². The van der Waals surface area contributed by atoms with Gasteiger partial charge in [0, 0.05) is 44.7 Å². The van der Waals surface area contributed by atoms with E-state index in [1.54, 1.807) is 0 Å². The second-order valence-electron chi connectivity index (χ2n) is 6.32. The zero-order chi connectivity index (χ0) is 18.0. The minimum absolute atomic E-state index is 0.500. The lowest BCUT2D eigenvalue weighted by atomic mass is 10.2. The average molecular weight is 356 g/mol. The van der Waals surface area contributed by atoms with Crippen LogP contribution >= 0.6 is 0 Å².